The Morgan fingerprint density at radius 1 is 1.14 bits per heavy atom. The molecule has 0 radical (unpaired) electrons. The summed E-state index contributed by atoms with van der Waals surface area (Å²) < 4.78 is 1.14. The second-order valence-corrected chi connectivity index (χ2v) is 6.15. The molecule has 1 aromatic heterocycles. The highest BCUT2D eigenvalue weighted by atomic mass is 32.1. The van der Waals surface area contributed by atoms with Gasteiger partial charge in [-0.1, -0.05) is 43.3 Å². The van der Waals surface area contributed by atoms with Gasteiger partial charge in [-0.2, -0.15) is 0 Å². The van der Waals surface area contributed by atoms with Gasteiger partial charge in [-0.25, -0.2) is 0 Å². The van der Waals surface area contributed by atoms with Crippen LogP contribution < -0.4 is 5.32 Å². The van der Waals surface area contributed by atoms with E-state index in [1.54, 1.807) is 0 Å². The van der Waals surface area contributed by atoms with E-state index in [0.29, 0.717) is 0 Å². The largest absolute Gasteiger partial charge is 0.321 e. The van der Waals surface area contributed by atoms with E-state index in [1.165, 1.54) is 16.9 Å². The summed E-state index contributed by atoms with van der Waals surface area (Å²) in [5.74, 6) is -0.0276. The molecule has 106 valence electrons. The van der Waals surface area contributed by atoms with Crippen molar-refractivity contribution in [2.45, 2.75) is 20.3 Å². The number of carbonyl (C=O) groups is 1. The molecule has 0 aliphatic carbocycles. The average molecular weight is 295 g/mol. The maximum absolute atomic E-state index is 12.5. The quantitative estimate of drug-likeness (QED) is 0.722. The van der Waals surface area contributed by atoms with Crippen molar-refractivity contribution in [3.05, 3.63) is 64.5 Å². The highest BCUT2D eigenvalue weighted by Gasteiger charge is 2.13. The summed E-state index contributed by atoms with van der Waals surface area (Å²) in [6.45, 7) is 4.13. The fourth-order valence-electron chi connectivity index (χ4n) is 2.47. The van der Waals surface area contributed by atoms with Crippen LogP contribution in [0, 0.1) is 6.92 Å². The van der Waals surface area contributed by atoms with E-state index in [9.17, 15) is 4.79 Å². The van der Waals surface area contributed by atoms with Gasteiger partial charge in [0.25, 0.3) is 5.91 Å². The number of carbonyl (C=O) groups excluding carboxylic acids is 1. The lowest BCUT2D eigenvalue weighted by Crippen LogP contribution is -2.12. The Balaban J connectivity index is 1.93. The number of rotatable bonds is 3. The number of aryl methyl sites for hydroxylation is 2. The molecule has 1 N–H and O–H groups in total. The van der Waals surface area contributed by atoms with Crippen LogP contribution in [0.4, 0.5) is 5.69 Å². The number of para-hydroxylation sites is 1. The summed E-state index contributed by atoms with van der Waals surface area (Å²) in [6, 6.07) is 16.1. The minimum absolute atomic E-state index is 0.0276. The fraction of sp³-hybridized carbons (Fsp3) is 0.167. The summed E-state index contributed by atoms with van der Waals surface area (Å²) in [7, 11) is 0. The zero-order valence-electron chi connectivity index (χ0n) is 12.1. The van der Waals surface area contributed by atoms with Crippen LogP contribution in [0.2, 0.25) is 0 Å². The van der Waals surface area contributed by atoms with Crippen molar-refractivity contribution in [2.24, 2.45) is 0 Å². The van der Waals surface area contributed by atoms with Crippen molar-refractivity contribution >= 4 is 33.0 Å². The Labute approximate surface area is 128 Å². The minimum atomic E-state index is -0.0276. The second-order valence-electron chi connectivity index (χ2n) is 5.07. The van der Waals surface area contributed by atoms with Crippen molar-refractivity contribution in [1.82, 2.24) is 0 Å². The van der Waals surface area contributed by atoms with Gasteiger partial charge in [0, 0.05) is 10.4 Å². The third kappa shape index (κ3) is 2.69. The molecule has 3 rings (SSSR count). The molecule has 1 amide bonds. The molecule has 0 aliphatic rings. The molecule has 0 unspecified atom stereocenters. The molecule has 0 bridgehead atoms. The predicted octanol–water partition coefficient (Wildman–Crippen LogP) is 5.02. The Kier molecular flexibility index (Phi) is 3.76. The lowest BCUT2D eigenvalue weighted by Gasteiger charge is -2.12. The summed E-state index contributed by atoms with van der Waals surface area (Å²) in [6.07, 6.45) is 0.906. The highest BCUT2D eigenvalue weighted by molar-refractivity contribution is 7.20. The molecule has 2 aromatic carbocycles. The van der Waals surface area contributed by atoms with Crippen molar-refractivity contribution < 1.29 is 4.79 Å². The maximum Gasteiger partial charge on any atom is 0.265 e. The van der Waals surface area contributed by atoms with Crippen molar-refractivity contribution in [3.63, 3.8) is 0 Å². The molecule has 0 aliphatic heterocycles. The van der Waals surface area contributed by atoms with Gasteiger partial charge in [0.1, 0.15) is 0 Å². The smallest absolute Gasteiger partial charge is 0.265 e. The molecule has 0 spiro atoms. The molecule has 0 saturated heterocycles. The minimum Gasteiger partial charge on any atom is -0.321 e. The molecule has 3 aromatic rings. The zero-order chi connectivity index (χ0) is 14.8. The molecular formula is C18H17NOS. The van der Waals surface area contributed by atoms with Crippen molar-refractivity contribution in [2.75, 3.05) is 5.32 Å². The number of nitrogens with one attached hydrogen (secondary N) is 1. The summed E-state index contributed by atoms with van der Waals surface area (Å²) in [5.41, 5.74) is 3.22. The number of anilines is 1. The Morgan fingerprint density at radius 3 is 2.71 bits per heavy atom. The van der Waals surface area contributed by atoms with Gasteiger partial charge < -0.3 is 5.32 Å². The van der Waals surface area contributed by atoms with Crippen LogP contribution in [-0.2, 0) is 6.42 Å². The van der Waals surface area contributed by atoms with Gasteiger partial charge in [0.2, 0.25) is 0 Å². The first-order valence-corrected chi connectivity index (χ1v) is 7.89. The monoisotopic (exact) mass is 295 g/mol. The van der Waals surface area contributed by atoms with Crippen LogP contribution >= 0.6 is 11.3 Å². The molecule has 0 fully saturated rings. The molecule has 21 heavy (non-hydrogen) atoms. The third-order valence-electron chi connectivity index (χ3n) is 3.63. The Hall–Kier alpha value is -2.13. The summed E-state index contributed by atoms with van der Waals surface area (Å²) >= 11 is 1.53. The summed E-state index contributed by atoms with van der Waals surface area (Å²) in [4.78, 5) is 13.3. The van der Waals surface area contributed by atoms with Crippen LogP contribution in [0.15, 0.2) is 48.5 Å². The number of fused-ring (bicyclic) bond motifs is 1. The van der Waals surface area contributed by atoms with E-state index in [0.717, 1.165) is 32.6 Å². The van der Waals surface area contributed by atoms with E-state index in [-0.39, 0.29) is 5.91 Å². The van der Waals surface area contributed by atoms with Gasteiger partial charge in [-0.3, -0.25) is 4.79 Å². The lowest BCUT2D eigenvalue weighted by molar-refractivity contribution is 0.103. The number of hydrogen-bond acceptors (Lipinski definition) is 2. The predicted molar refractivity (Wildman–Crippen MR) is 90.3 cm³/mol. The first-order chi connectivity index (χ1) is 10.2. The van der Waals surface area contributed by atoms with Gasteiger partial charge >= 0.3 is 0 Å². The molecule has 2 nitrogen and oxygen atoms in total. The summed E-state index contributed by atoms with van der Waals surface area (Å²) in [5, 5.41) is 4.20. The molecule has 3 heteroatoms. The van der Waals surface area contributed by atoms with Crippen LogP contribution in [0.25, 0.3) is 10.1 Å². The van der Waals surface area contributed by atoms with Gasteiger partial charge in [-0.15, -0.1) is 11.3 Å². The first-order valence-electron chi connectivity index (χ1n) is 7.07. The Bertz CT molecular complexity index is 771. The second kappa shape index (κ2) is 5.70. The number of hydrogen-bond donors (Lipinski definition) is 1. The standard InChI is InChI=1S/C18H17NOS/c1-3-13-9-6-7-12(2)17(13)19-18(20)16-11-14-8-4-5-10-15(14)21-16/h4-11H,3H2,1-2H3,(H,19,20). The lowest BCUT2D eigenvalue weighted by atomic mass is 10.1. The normalized spacial score (nSPS) is 10.8. The van der Waals surface area contributed by atoms with Crippen LogP contribution in [0.1, 0.15) is 27.7 Å². The van der Waals surface area contributed by atoms with E-state index >= 15 is 0 Å². The Morgan fingerprint density at radius 2 is 1.95 bits per heavy atom. The van der Waals surface area contributed by atoms with E-state index in [2.05, 4.69) is 18.3 Å². The third-order valence-corrected chi connectivity index (χ3v) is 4.74. The number of thiophene rings is 1. The maximum atomic E-state index is 12.5. The van der Waals surface area contributed by atoms with E-state index < -0.39 is 0 Å². The van der Waals surface area contributed by atoms with E-state index in [4.69, 9.17) is 0 Å². The molecule has 1 heterocycles. The van der Waals surface area contributed by atoms with Crippen molar-refractivity contribution in [3.8, 4) is 0 Å². The molecule has 0 atom stereocenters. The zero-order valence-corrected chi connectivity index (χ0v) is 13.0. The van der Waals surface area contributed by atoms with E-state index in [1.807, 2.05) is 49.4 Å². The molecular weight excluding hydrogens is 278 g/mol. The van der Waals surface area contributed by atoms with Gasteiger partial charge in [-0.05, 0) is 42.0 Å². The SMILES string of the molecule is CCc1cccc(C)c1NC(=O)c1cc2ccccc2s1. The first kappa shape index (κ1) is 13.8. The van der Waals surface area contributed by atoms with Crippen LogP contribution in [-0.4, -0.2) is 5.91 Å². The molecule has 0 saturated carbocycles. The van der Waals surface area contributed by atoms with Gasteiger partial charge in [0.15, 0.2) is 0 Å². The average Bonchev–Trinajstić information content (AvgIpc) is 2.93. The highest BCUT2D eigenvalue weighted by Crippen LogP contribution is 2.27. The van der Waals surface area contributed by atoms with Crippen LogP contribution in [0.5, 0.6) is 0 Å². The topological polar surface area (TPSA) is 29.1 Å². The number of amides is 1. The van der Waals surface area contributed by atoms with Crippen LogP contribution in [0.3, 0.4) is 0 Å². The fourth-order valence-corrected chi connectivity index (χ4v) is 3.43. The van der Waals surface area contributed by atoms with Crippen molar-refractivity contribution in [1.29, 1.82) is 0 Å². The van der Waals surface area contributed by atoms with Gasteiger partial charge in [0.05, 0.1) is 4.88 Å². The number of benzene rings is 2.